The standard InChI is InChI=1S/C10H22N4O3/c1-6(15)8(12)10(17)14-7(9(13)16)4-2-3-5-11/h6-8,15H,2-5,11-12H2,1H3,(H2,13,16)(H,14,17)/t6-,7+,8+/m1/s1. The van der Waals surface area contributed by atoms with Gasteiger partial charge in [0.05, 0.1) is 6.10 Å². The van der Waals surface area contributed by atoms with Crippen molar-refractivity contribution in [2.24, 2.45) is 17.2 Å². The van der Waals surface area contributed by atoms with E-state index in [1.807, 2.05) is 0 Å². The summed E-state index contributed by atoms with van der Waals surface area (Å²) in [5, 5.41) is 11.6. The van der Waals surface area contributed by atoms with E-state index >= 15 is 0 Å². The average Bonchev–Trinajstić information content (AvgIpc) is 2.26. The fraction of sp³-hybridized carbons (Fsp3) is 0.800. The molecule has 7 nitrogen and oxygen atoms in total. The van der Waals surface area contributed by atoms with Gasteiger partial charge in [-0.3, -0.25) is 9.59 Å². The predicted octanol–water partition coefficient (Wildman–Crippen LogP) is -2.21. The maximum Gasteiger partial charge on any atom is 0.240 e. The normalized spacial score (nSPS) is 16.0. The Morgan fingerprint density at radius 1 is 1.35 bits per heavy atom. The van der Waals surface area contributed by atoms with E-state index in [0.717, 1.165) is 6.42 Å². The number of aliphatic hydroxyl groups is 1. The van der Waals surface area contributed by atoms with Crippen molar-refractivity contribution in [1.29, 1.82) is 0 Å². The molecule has 0 rings (SSSR count). The summed E-state index contributed by atoms with van der Waals surface area (Å²) in [6, 6.07) is -1.83. The molecule has 0 spiro atoms. The molecule has 0 aliphatic heterocycles. The average molecular weight is 246 g/mol. The van der Waals surface area contributed by atoms with Crippen LogP contribution in [-0.2, 0) is 9.59 Å². The van der Waals surface area contributed by atoms with Crippen LogP contribution in [0, 0.1) is 0 Å². The molecule has 100 valence electrons. The van der Waals surface area contributed by atoms with Crippen LogP contribution >= 0.6 is 0 Å². The van der Waals surface area contributed by atoms with Crippen molar-refractivity contribution >= 4 is 11.8 Å². The molecule has 0 saturated carbocycles. The van der Waals surface area contributed by atoms with Gasteiger partial charge in [0, 0.05) is 0 Å². The largest absolute Gasteiger partial charge is 0.391 e. The van der Waals surface area contributed by atoms with Crippen molar-refractivity contribution in [3.63, 3.8) is 0 Å². The first kappa shape index (κ1) is 15.8. The van der Waals surface area contributed by atoms with Crippen LogP contribution in [-0.4, -0.2) is 41.7 Å². The number of unbranched alkanes of at least 4 members (excludes halogenated alkanes) is 1. The second kappa shape index (κ2) is 7.99. The van der Waals surface area contributed by atoms with Crippen molar-refractivity contribution in [1.82, 2.24) is 5.32 Å². The monoisotopic (exact) mass is 246 g/mol. The van der Waals surface area contributed by atoms with E-state index in [2.05, 4.69) is 5.32 Å². The lowest BCUT2D eigenvalue weighted by atomic mass is 10.1. The lowest BCUT2D eigenvalue weighted by Crippen LogP contribution is -2.53. The van der Waals surface area contributed by atoms with Gasteiger partial charge in [0.2, 0.25) is 11.8 Å². The number of nitrogens with one attached hydrogen (secondary N) is 1. The van der Waals surface area contributed by atoms with Crippen LogP contribution in [0.3, 0.4) is 0 Å². The van der Waals surface area contributed by atoms with Crippen LogP contribution in [0.25, 0.3) is 0 Å². The summed E-state index contributed by atoms with van der Waals surface area (Å²) in [6.07, 6.45) is 0.883. The number of rotatable bonds is 8. The van der Waals surface area contributed by atoms with Crippen LogP contribution in [0.2, 0.25) is 0 Å². The molecule has 0 aromatic heterocycles. The highest BCUT2D eigenvalue weighted by atomic mass is 16.3. The zero-order valence-electron chi connectivity index (χ0n) is 10.1. The van der Waals surface area contributed by atoms with Gasteiger partial charge in [0.1, 0.15) is 12.1 Å². The molecule has 0 aliphatic rings. The molecule has 8 N–H and O–H groups in total. The fourth-order valence-electron chi connectivity index (χ4n) is 1.27. The van der Waals surface area contributed by atoms with Gasteiger partial charge in [-0.1, -0.05) is 0 Å². The highest BCUT2D eigenvalue weighted by Gasteiger charge is 2.24. The minimum absolute atomic E-state index is 0.421. The first-order valence-corrected chi connectivity index (χ1v) is 5.63. The Morgan fingerprint density at radius 3 is 2.35 bits per heavy atom. The van der Waals surface area contributed by atoms with E-state index in [-0.39, 0.29) is 0 Å². The topological polar surface area (TPSA) is 144 Å². The number of carbonyl (C=O) groups is 2. The summed E-state index contributed by atoms with van der Waals surface area (Å²) in [6.45, 7) is 1.92. The third-order valence-electron chi connectivity index (χ3n) is 2.43. The number of carbonyl (C=O) groups excluding carboxylic acids is 2. The molecule has 0 bridgehead atoms. The van der Waals surface area contributed by atoms with Crippen molar-refractivity contribution < 1.29 is 14.7 Å². The van der Waals surface area contributed by atoms with Crippen LogP contribution < -0.4 is 22.5 Å². The minimum atomic E-state index is -1.06. The van der Waals surface area contributed by atoms with Gasteiger partial charge in [-0.2, -0.15) is 0 Å². The van der Waals surface area contributed by atoms with Crippen LogP contribution in [0.1, 0.15) is 26.2 Å². The van der Waals surface area contributed by atoms with Crippen LogP contribution in [0.4, 0.5) is 0 Å². The van der Waals surface area contributed by atoms with Gasteiger partial charge in [0.15, 0.2) is 0 Å². The molecule has 0 heterocycles. The second-order valence-corrected chi connectivity index (χ2v) is 4.01. The number of hydrogen-bond acceptors (Lipinski definition) is 5. The molecule has 7 heteroatoms. The van der Waals surface area contributed by atoms with Gasteiger partial charge in [-0.25, -0.2) is 0 Å². The molecule has 3 atom stereocenters. The molecular formula is C10H22N4O3. The molecule has 0 unspecified atom stereocenters. The Labute approximate surface area is 101 Å². The summed E-state index contributed by atoms with van der Waals surface area (Å²) in [7, 11) is 0. The Hall–Kier alpha value is -1.18. The van der Waals surface area contributed by atoms with E-state index < -0.39 is 30.0 Å². The maximum absolute atomic E-state index is 11.5. The molecule has 2 amide bonds. The molecule has 0 aliphatic carbocycles. The van der Waals surface area contributed by atoms with Crippen molar-refractivity contribution in [3.05, 3.63) is 0 Å². The summed E-state index contributed by atoms with van der Waals surface area (Å²) in [5.41, 5.74) is 15.9. The third-order valence-corrected chi connectivity index (χ3v) is 2.43. The zero-order valence-corrected chi connectivity index (χ0v) is 10.1. The Balaban J connectivity index is 4.25. The van der Waals surface area contributed by atoms with Gasteiger partial charge in [-0.05, 0) is 32.7 Å². The first-order chi connectivity index (χ1) is 7.90. The predicted molar refractivity (Wildman–Crippen MR) is 63.7 cm³/mol. The van der Waals surface area contributed by atoms with Gasteiger partial charge in [0.25, 0.3) is 0 Å². The molecule has 0 saturated heterocycles. The van der Waals surface area contributed by atoms with Crippen LogP contribution in [0.5, 0.6) is 0 Å². The Morgan fingerprint density at radius 2 is 1.94 bits per heavy atom. The number of primary amides is 1. The van der Waals surface area contributed by atoms with E-state index in [9.17, 15) is 9.59 Å². The molecule has 17 heavy (non-hydrogen) atoms. The highest BCUT2D eigenvalue weighted by molar-refractivity contribution is 5.89. The van der Waals surface area contributed by atoms with Crippen molar-refractivity contribution in [2.75, 3.05) is 6.54 Å². The van der Waals surface area contributed by atoms with E-state index in [1.165, 1.54) is 6.92 Å². The van der Waals surface area contributed by atoms with E-state index in [1.54, 1.807) is 0 Å². The number of aliphatic hydroxyl groups excluding tert-OH is 1. The SMILES string of the molecule is C[C@@H](O)[C@H](N)C(=O)N[C@@H](CCCCN)C(N)=O. The van der Waals surface area contributed by atoms with Gasteiger partial charge in [-0.15, -0.1) is 0 Å². The summed E-state index contributed by atoms with van der Waals surface area (Å²) in [4.78, 5) is 22.6. The fourth-order valence-corrected chi connectivity index (χ4v) is 1.27. The molecule has 0 aromatic rings. The smallest absolute Gasteiger partial charge is 0.240 e. The molecule has 0 radical (unpaired) electrons. The van der Waals surface area contributed by atoms with E-state index in [4.69, 9.17) is 22.3 Å². The quantitative estimate of drug-likeness (QED) is 0.308. The highest BCUT2D eigenvalue weighted by Crippen LogP contribution is 2.01. The summed E-state index contributed by atoms with van der Waals surface area (Å²) >= 11 is 0. The number of amides is 2. The summed E-state index contributed by atoms with van der Waals surface area (Å²) in [5.74, 6) is -1.20. The van der Waals surface area contributed by atoms with Gasteiger partial charge >= 0.3 is 0 Å². The summed E-state index contributed by atoms with van der Waals surface area (Å²) < 4.78 is 0. The van der Waals surface area contributed by atoms with E-state index in [0.29, 0.717) is 19.4 Å². The van der Waals surface area contributed by atoms with Crippen molar-refractivity contribution in [2.45, 2.75) is 44.4 Å². The third kappa shape index (κ3) is 6.20. The molecular weight excluding hydrogens is 224 g/mol. The number of nitrogens with two attached hydrogens (primary N) is 3. The van der Waals surface area contributed by atoms with Crippen LogP contribution in [0.15, 0.2) is 0 Å². The molecule has 0 fully saturated rings. The maximum atomic E-state index is 11.5. The Bertz CT molecular complexity index is 258. The zero-order chi connectivity index (χ0) is 13.4. The Kier molecular flexibility index (Phi) is 7.44. The van der Waals surface area contributed by atoms with Crippen molar-refractivity contribution in [3.8, 4) is 0 Å². The molecule has 0 aromatic carbocycles. The number of hydrogen-bond donors (Lipinski definition) is 5. The lowest BCUT2D eigenvalue weighted by Gasteiger charge is -2.19. The minimum Gasteiger partial charge on any atom is -0.391 e. The van der Waals surface area contributed by atoms with Gasteiger partial charge < -0.3 is 27.6 Å². The first-order valence-electron chi connectivity index (χ1n) is 5.63. The second-order valence-electron chi connectivity index (χ2n) is 4.01. The lowest BCUT2D eigenvalue weighted by molar-refractivity contribution is -0.129.